The molecule has 1 heteroatoms. The van der Waals surface area contributed by atoms with Gasteiger partial charge in [-0.05, 0) is 18.8 Å². The van der Waals surface area contributed by atoms with Crippen LogP contribution in [0.3, 0.4) is 0 Å². The van der Waals surface area contributed by atoms with Gasteiger partial charge in [-0.25, -0.2) is 0 Å². The Morgan fingerprint density at radius 3 is 2.09 bits per heavy atom. The van der Waals surface area contributed by atoms with Crippen molar-refractivity contribution in [2.75, 3.05) is 6.54 Å². The molecule has 0 aromatic rings. The minimum absolute atomic E-state index is 0.620. The van der Waals surface area contributed by atoms with Crippen LogP contribution in [0.2, 0.25) is 0 Å². The van der Waals surface area contributed by atoms with E-state index in [0.717, 1.165) is 6.04 Å². The van der Waals surface area contributed by atoms with Crippen molar-refractivity contribution < 1.29 is 0 Å². The van der Waals surface area contributed by atoms with Crippen molar-refractivity contribution in [3.8, 4) is 0 Å². The lowest BCUT2D eigenvalue weighted by Crippen LogP contribution is -2.59. The molecule has 0 aromatic carbocycles. The molecule has 0 radical (unpaired) electrons. The molecule has 0 spiro atoms. The van der Waals surface area contributed by atoms with Gasteiger partial charge in [-0.3, -0.25) is 0 Å². The molecule has 1 fully saturated rings. The van der Waals surface area contributed by atoms with Crippen molar-refractivity contribution in [1.29, 1.82) is 0 Å². The van der Waals surface area contributed by atoms with Gasteiger partial charge >= 0.3 is 0 Å². The Balaban J connectivity index is 0.000000461. The predicted molar refractivity (Wildman–Crippen MR) is 51.8 cm³/mol. The predicted octanol–water partition coefficient (Wildman–Crippen LogP) is 2.81. The zero-order valence-electron chi connectivity index (χ0n) is 8.70. The van der Waals surface area contributed by atoms with Crippen LogP contribution in [0.1, 0.15) is 47.5 Å². The lowest BCUT2D eigenvalue weighted by atomic mass is 9.73. The standard InChI is InChI=1S/C8H17N.C2H6/c1-4-5-8(3)6-9-7(8)2;1-2/h7,9H,4-6H2,1-3H3;1-2H3. The molecule has 0 aliphatic carbocycles. The Morgan fingerprint density at radius 1 is 1.45 bits per heavy atom. The quantitative estimate of drug-likeness (QED) is 0.650. The van der Waals surface area contributed by atoms with Gasteiger partial charge in [0.25, 0.3) is 0 Å². The molecule has 68 valence electrons. The van der Waals surface area contributed by atoms with Crippen LogP contribution in [0.25, 0.3) is 0 Å². The Kier molecular flexibility index (Phi) is 4.74. The van der Waals surface area contributed by atoms with Crippen LogP contribution in [0.4, 0.5) is 0 Å². The van der Waals surface area contributed by atoms with Gasteiger partial charge in [0.1, 0.15) is 0 Å². The fourth-order valence-electron chi connectivity index (χ4n) is 1.53. The largest absolute Gasteiger partial charge is 0.313 e. The summed E-state index contributed by atoms with van der Waals surface area (Å²) in [5, 5.41) is 3.38. The third kappa shape index (κ3) is 2.48. The van der Waals surface area contributed by atoms with Crippen molar-refractivity contribution in [3.05, 3.63) is 0 Å². The number of rotatable bonds is 2. The first-order valence-electron chi connectivity index (χ1n) is 4.92. The molecular weight excluding hydrogens is 134 g/mol. The molecule has 1 rings (SSSR count). The molecule has 11 heavy (non-hydrogen) atoms. The second-order valence-corrected chi connectivity index (χ2v) is 3.51. The number of nitrogens with one attached hydrogen (secondary N) is 1. The average molecular weight is 157 g/mol. The van der Waals surface area contributed by atoms with Gasteiger partial charge in [0, 0.05) is 12.6 Å². The maximum atomic E-state index is 3.38. The highest BCUT2D eigenvalue weighted by Crippen LogP contribution is 2.33. The Bertz CT molecular complexity index is 101. The van der Waals surface area contributed by atoms with Gasteiger partial charge in [-0.1, -0.05) is 34.1 Å². The van der Waals surface area contributed by atoms with Gasteiger partial charge < -0.3 is 5.32 Å². The summed E-state index contributed by atoms with van der Waals surface area (Å²) in [6.07, 6.45) is 2.70. The van der Waals surface area contributed by atoms with E-state index in [2.05, 4.69) is 26.1 Å². The van der Waals surface area contributed by atoms with Crippen LogP contribution >= 0.6 is 0 Å². The van der Waals surface area contributed by atoms with Crippen molar-refractivity contribution in [2.45, 2.75) is 53.5 Å². The Labute approximate surface area is 71.6 Å². The summed E-state index contributed by atoms with van der Waals surface area (Å²) >= 11 is 0. The minimum atomic E-state index is 0.620. The third-order valence-electron chi connectivity index (χ3n) is 2.68. The van der Waals surface area contributed by atoms with Crippen molar-refractivity contribution in [1.82, 2.24) is 5.32 Å². The zero-order chi connectivity index (χ0) is 8.91. The summed E-state index contributed by atoms with van der Waals surface area (Å²) in [7, 11) is 0. The maximum Gasteiger partial charge on any atom is 0.0105 e. The summed E-state index contributed by atoms with van der Waals surface area (Å²) in [5.74, 6) is 0. The minimum Gasteiger partial charge on any atom is -0.313 e. The number of hydrogen-bond acceptors (Lipinski definition) is 1. The SMILES string of the molecule is CC.CCCC1(C)CNC1C. The van der Waals surface area contributed by atoms with Crippen LogP contribution in [-0.4, -0.2) is 12.6 Å². The average Bonchev–Trinajstić information content (AvgIpc) is 2.06. The molecule has 1 nitrogen and oxygen atoms in total. The van der Waals surface area contributed by atoms with Gasteiger partial charge in [-0.2, -0.15) is 0 Å². The normalized spacial score (nSPS) is 35.2. The molecule has 1 heterocycles. The third-order valence-corrected chi connectivity index (χ3v) is 2.68. The van der Waals surface area contributed by atoms with E-state index in [1.54, 1.807) is 0 Å². The Morgan fingerprint density at radius 2 is 2.00 bits per heavy atom. The van der Waals surface area contributed by atoms with Crippen LogP contribution in [0.5, 0.6) is 0 Å². The van der Waals surface area contributed by atoms with Crippen LogP contribution < -0.4 is 5.32 Å². The molecule has 0 bridgehead atoms. The molecule has 0 saturated carbocycles. The van der Waals surface area contributed by atoms with E-state index in [1.807, 2.05) is 13.8 Å². The van der Waals surface area contributed by atoms with E-state index in [9.17, 15) is 0 Å². The summed E-state index contributed by atoms with van der Waals surface area (Å²) in [5.41, 5.74) is 0.620. The monoisotopic (exact) mass is 157 g/mol. The summed E-state index contributed by atoms with van der Waals surface area (Å²) < 4.78 is 0. The lowest BCUT2D eigenvalue weighted by molar-refractivity contribution is 0.105. The van der Waals surface area contributed by atoms with E-state index in [-0.39, 0.29) is 0 Å². The fraction of sp³-hybridized carbons (Fsp3) is 1.00. The van der Waals surface area contributed by atoms with E-state index in [1.165, 1.54) is 19.4 Å². The van der Waals surface area contributed by atoms with E-state index in [0.29, 0.717) is 5.41 Å². The molecular formula is C10H23N. The molecule has 1 saturated heterocycles. The van der Waals surface area contributed by atoms with Crippen molar-refractivity contribution in [2.24, 2.45) is 5.41 Å². The molecule has 0 aromatic heterocycles. The van der Waals surface area contributed by atoms with E-state index < -0.39 is 0 Å². The molecule has 2 unspecified atom stereocenters. The van der Waals surface area contributed by atoms with Gasteiger partial charge in [0.05, 0.1) is 0 Å². The lowest BCUT2D eigenvalue weighted by Gasteiger charge is -2.46. The van der Waals surface area contributed by atoms with Crippen molar-refractivity contribution >= 4 is 0 Å². The summed E-state index contributed by atoms with van der Waals surface area (Å²) in [4.78, 5) is 0. The topological polar surface area (TPSA) is 12.0 Å². The maximum absolute atomic E-state index is 3.38. The van der Waals surface area contributed by atoms with Gasteiger partial charge in [0.15, 0.2) is 0 Å². The highest BCUT2D eigenvalue weighted by molar-refractivity contribution is 4.95. The molecule has 1 aliphatic heterocycles. The highest BCUT2D eigenvalue weighted by atomic mass is 15.0. The number of hydrogen-bond donors (Lipinski definition) is 1. The first-order valence-corrected chi connectivity index (χ1v) is 4.92. The van der Waals surface area contributed by atoms with E-state index >= 15 is 0 Å². The first kappa shape index (κ1) is 11.0. The van der Waals surface area contributed by atoms with E-state index in [4.69, 9.17) is 0 Å². The Hall–Kier alpha value is -0.0400. The summed E-state index contributed by atoms with van der Waals surface area (Å²) in [6, 6.07) is 0.748. The molecule has 2 atom stereocenters. The second kappa shape index (κ2) is 4.76. The van der Waals surface area contributed by atoms with Gasteiger partial charge in [-0.15, -0.1) is 0 Å². The fourth-order valence-corrected chi connectivity index (χ4v) is 1.53. The molecule has 0 amide bonds. The second-order valence-electron chi connectivity index (χ2n) is 3.51. The first-order chi connectivity index (χ1) is 5.19. The zero-order valence-corrected chi connectivity index (χ0v) is 8.70. The highest BCUT2D eigenvalue weighted by Gasteiger charge is 2.37. The molecule has 1 aliphatic rings. The summed E-state index contributed by atoms with van der Waals surface area (Å²) in [6.45, 7) is 12.1. The van der Waals surface area contributed by atoms with Crippen LogP contribution in [0.15, 0.2) is 0 Å². The smallest absolute Gasteiger partial charge is 0.0105 e. The molecule has 1 N–H and O–H groups in total. The van der Waals surface area contributed by atoms with Crippen LogP contribution in [-0.2, 0) is 0 Å². The van der Waals surface area contributed by atoms with Gasteiger partial charge in [0.2, 0.25) is 0 Å². The van der Waals surface area contributed by atoms with Crippen LogP contribution in [0, 0.1) is 5.41 Å². The van der Waals surface area contributed by atoms with Crippen molar-refractivity contribution in [3.63, 3.8) is 0 Å².